The molecule has 0 unspecified atom stereocenters. The number of rotatable bonds is 11. The van der Waals surface area contributed by atoms with Crippen molar-refractivity contribution in [1.29, 1.82) is 0 Å². The first kappa shape index (κ1) is 22.2. The largest absolute Gasteiger partial charge is 0.494 e. The number of azo groups is 1. The fourth-order valence-corrected chi connectivity index (χ4v) is 3.12. The lowest BCUT2D eigenvalue weighted by Crippen LogP contribution is -1.97. The third kappa shape index (κ3) is 7.03. The van der Waals surface area contributed by atoms with E-state index in [0.29, 0.717) is 11.4 Å². The number of nitro groups is 1. The van der Waals surface area contributed by atoms with Crippen LogP contribution in [0.25, 0.3) is 11.1 Å². The van der Waals surface area contributed by atoms with Crippen molar-refractivity contribution < 1.29 is 9.66 Å². The summed E-state index contributed by atoms with van der Waals surface area (Å²) in [5.74, 6) is 0.896. The normalized spacial score (nSPS) is 11.0. The van der Waals surface area contributed by atoms with Crippen molar-refractivity contribution in [3.63, 3.8) is 0 Å². The van der Waals surface area contributed by atoms with Crippen molar-refractivity contribution in [1.82, 2.24) is 0 Å². The first-order chi connectivity index (χ1) is 15.2. The molecule has 31 heavy (non-hydrogen) atoms. The molecule has 0 spiro atoms. The molecule has 6 nitrogen and oxygen atoms in total. The Bertz CT molecular complexity index is 982. The van der Waals surface area contributed by atoms with Crippen LogP contribution >= 0.6 is 0 Å². The van der Waals surface area contributed by atoms with Gasteiger partial charge in [-0.15, -0.1) is 0 Å². The molecule has 0 radical (unpaired) electrons. The molecule has 6 heteroatoms. The summed E-state index contributed by atoms with van der Waals surface area (Å²) in [7, 11) is 0. The molecule has 0 amide bonds. The Morgan fingerprint density at radius 3 is 1.81 bits per heavy atom. The van der Waals surface area contributed by atoms with Crippen molar-refractivity contribution in [3.05, 3.63) is 82.9 Å². The van der Waals surface area contributed by atoms with E-state index >= 15 is 0 Å². The van der Waals surface area contributed by atoms with Crippen LogP contribution in [0.5, 0.6) is 5.75 Å². The minimum Gasteiger partial charge on any atom is -0.494 e. The number of nitrogens with zero attached hydrogens (tertiary/aromatic N) is 3. The molecule has 0 saturated heterocycles. The summed E-state index contributed by atoms with van der Waals surface area (Å²) in [6.45, 7) is 2.98. The first-order valence-corrected chi connectivity index (χ1v) is 10.6. The van der Waals surface area contributed by atoms with E-state index in [0.717, 1.165) is 29.9 Å². The lowest BCUT2D eigenvalue weighted by molar-refractivity contribution is -0.384. The van der Waals surface area contributed by atoms with E-state index in [4.69, 9.17) is 4.74 Å². The van der Waals surface area contributed by atoms with Crippen molar-refractivity contribution >= 4 is 17.1 Å². The predicted octanol–water partition coefficient (Wildman–Crippen LogP) is 8.03. The van der Waals surface area contributed by atoms with Gasteiger partial charge in [-0.25, -0.2) is 0 Å². The Morgan fingerprint density at radius 1 is 0.742 bits per heavy atom. The van der Waals surface area contributed by atoms with Crippen LogP contribution < -0.4 is 4.74 Å². The maximum atomic E-state index is 10.7. The van der Waals surface area contributed by atoms with Gasteiger partial charge < -0.3 is 4.74 Å². The molecule has 0 aliphatic carbocycles. The number of nitro benzene ring substituents is 1. The second-order valence-corrected chi connectivity index (χ2v) is 7.31. The standard InChI is InChI=1S/C25H27N3O3/c1-2-3-4-5-6-19-31-25-17-9-21(10-18-25)20-7-11-22(12-8-20)26-27-23-13-15-24(16-14-23)28(29)30/h7-18H,2-6,19H2,1H3/b27-26+. The van der Waals surface area contributed by atoms with E-state index in [9.17, 15) is 10.1 Å². The average Bonchev–Trinajstić information content (AvgIpc) is 2.81. The van der Waals surface area contributed by atoms with E-state index in [1.807, 2.05) is 36.4 Å². The van der Waals surface area contributed by atoms with Crippen molar-refractivity contribution in [3.8, 4) is 16.9 Å². The molecular weight excluding hydrogens is 390 g/mol. The lowest BCUT2D eigenvalue weighted by atomic mass is 10.1. The van der Waals surface area contributed by atoms with Crippen molar-refractivity contribution in [2.75, 3.05) is 6.61 Å². The molecule has 0 aliphatic rings. The maximum absolute atomic E-state index is 10.7. The SMILES string of the molecule is CCCCCCCOc1ccc(-c2ccc(/N=N/c3ccc([N+](=O)[O-])cc3)cc2)cc1. The van der Waals surface area contributed by atoms with Crippen molar-refractivity contribution in [2.45, 2.75) is 39.0 Å². The molecule has 0 aromatic heterocycles. The van der Waals surface area contributed by atoms with Gasteiger partial charge in [-0.3, -0.25) is 10.1 Å². The van der Waals surface area contributed by atoms with Gasteiger partial charge in [0.2, 0.25) is 0 Å². The van der Waals surface area contributed by atoms with Gasteiger partial charge in [0.25, 0.3) is 5.69 Å². The monoisotopic (exact) mass is 417 g/mol. The van der Waals surface area contributed by atoms with E-state index in [2.05, 4.69) is 29.3 Å². The minimum atomic E-state index is -0.438. The number of hydrogen-bond acceptors (Lipinski definition) is 5. The average molecular weight is 418 g/mol. The van der Waals surface area contributed by atoms with Crippen LogP contribution in [0.1, 0.15) is 39.0 Å². The van der Waals surface area contributed by atoms with Gasteiger partial charge in [0, 0.05) is 12.1 Å². The van der Waals surface area contributed by atoms with Crippen LogP contribution in [0.4, 0.5) is 17.1 Å². The smallest absolute Gasteiger partial charge is 0.269 e. The molecule has 0 atom stereocenters. The third-order valence-corrected chi connectivity index (χ3v) is 4.91. The molecule has 0 saturated carbocycles. The summed E-state index contributed by atoms with van der Waals surface area (Å²) in [6.07, 6.45) is 6.15. The van der Waals surface area contributed by atoms with Crippen LogP contribution in [0.3, 0.4) is 0 Å². The highest BCUT2D eigenvalue weighted by molar-refractivity contribution is 5.66. The Balaban J connectivity index is 1.53. The summed E-state index contributed by atoms with van der Waals surface area (Å²) < 4.78 is 5.83. The first-order valence-electron chi connectivity index (χ1n) is 10.6. The number of non-ortho nitro benzene ring substituents is 1. The Kier molecular flexibility index (Phi) is 8.29. The molecule has 3 aromatic rings. The van der Waals surface area contributed by atoms with Crippen LogP contribution in [-0.2, 0) is 0 Å². The van der Waals surface area contributed by atoms with Crippen molar-refractivity contribution in [2.24, 2.45) is 10.2 Å². The predicted molar refractivity (Wildman–Crippen MR) is 123 cm³/mol. The molecule has 3 aromatic carbocycles. The molecular formula is C25H27N3O3. The molecule has 0 aliphatic heterocycles. The highest BCUT2D eigenvalue weighted by atomic mass is 16.6. The van der Waals surface area contributed by atoms with Gasteiger partial charge in [0.15, 0.2) is 0 Å². The van der Waals surface area contributed by atoms with E-state index < -0.39 is 4.92 Å². The quantitative estimate of drug-likeness (QED) is 0.137. The second-order valence-electron chi connectivity index (χ2n) is 7.31. The van der Waals surface area contributed by atoms with Gasteiger partial charge in [-0.2, -0.15) is 10.2 Å². The third-order valence-electron chi connectivity index (χ3n) is 4.91. The topological polar surface area (TPSA) is 77.1 Å². The van der Waals surface area contributed by atoms with Gasteiger partial charge >= 0.3 is 0 Å². The molecule has 0 fully saturated rings. The lowest BCUT2D eigenvalue weighted by Gasteiger charge is -2.07. The van der Waals surface area contributed by atoms with E-state index in [1.165, 1.54) is 37.8 Å². The fraction of sp³-hybridized carbons (Fsp3) is 0.280. The Morgan fingerprint density at radius 2 is 1.26 bits per heavy atom. The number of unbranched alkanes of at least 4 members (excludes halogenated alkanes) is 4. The van der Waals surface area contributed by atoms with Gasteiger partial charge in [0.05, 0.1) is 22.9 Å². The number of ether oxygens (including phenoxy) is 1. The summed E-state index contributed by atoms with van der Waals surface area (Å²) >= 11 is 0. The maximum Gasteiger partial charge on any atom is 0.269 e. The zero-order valence-electron chi connectivity index (χ0n) is 17.7. The van der Waals surface area contributed by atoms with E-state index in [1.54, 1.807) is 12.1 Å². The molecule has 0 bridgehead atoms. The second kappa shape index (κ2) is 11.6. The molecule has 3 rings (SSSR count). The van der Waals surface area contributed by atoms with Gasteiger partial charge in [-0.05, 0) is 53.9 Å². The zero-order chi connectivity index (χ0) is 21.9. The van der Waals surface area contributed by atoms with Gasteiger partial charge in [0.1, 0.15) is 5.75 Å². The molecule has 0 N–H and O–H groups in total. The zero-order valence-corrected chi connectivity index (χ0v) is 17.7. The summed E-state index contributed by atoms with van der Waals surface area (Å²) in [5.41, 5.74) is 3.50. The highest BCUT2D eigenvalue weighted by Crippen LogP contribution is 2.26. The van der Waals surface area contributed by atoms with E-state index in [-0.39, 0.29) is 5.69 Å². The van der Waals surface area contributed by atoms with Gasteiger partial charge in [-0.1, -0.05) is 56.9 Å². The number of hydrogen-bond donors (Lipinski definition) is 0. The Hall–Kier alpha value is -3.54. The summed E-state index contributed by atoms with van der Waals surface area (Å²) in [6, 6.07) is 21.9. The molecule has 0 heterocycles. The van der Waals surface area contributed by atoms with Crippen LogP contribution in [0, 0.1) is 10.1 Å². The van der Waals surface area contributed by atoms with Crippen LogP contribution in [-0.4, -0.2) is 11.5 Å². The fourth-order valence-electron chi connectivity index (χ4n) is 3.12. The molecule has 160 valence electrons. The highest BCUT2D eigenvalue weighted by Gasteiger charge is 2.03. The Labute approximate surface area is 182 Å². The summed E-state index contributed by atoms with van der Waals surface area (Å²) in [5, 5.41) is 19.0. The van der Waals surface area contributed by atoms with Crippen LogP contribution in [0.2, 0.25) is 0 Å². The number of benzene rings is 3. The summed E-state index contributed by atoms with van der Waals surface area (Å²) in [4.78, 5) is 10.3. The van der Waals surface area contributed by atoms with Crippen LogP contribution in [0.15, 0.2) is 83.0 Å². The minimum absolute atomic E-state index is 0.0340.